The maximum absolute atomic E-state index is 10.3. The Morgan fingerprint density at radius 1 is 0.362 bits per heavy atom. The lowest BCUT2D eigenvalue weighted by Gasteiger charge is -2.50. The van der Waals surface area contributed by atoms with Gasteiger partial charge in [0, 0.05) is 38.2 Å². The molecule has 0 spiro atoms. The molecule has 9 aromatic rings. The number of rotatable bonds is 35. The number of aliphatic hydroxyl groups is 1. The summed E-state index contributed by atoms with van der Waals surface area (Å²) in [5.41, 5.74) is 1.14. The topological polar surface area (TPSA) is 103 Å². The van der Waals surface area contributed by atoms with E-state index in [-0.39, 0.29) is 49.0 Å². The van der Waals surface area contributed by atoms with Crippen LogP contribution in [0, 0.1) is 11.8 Å². The maximum Gasteiger partial charge on any atom is 0.261 e. The number of hydrogen-bond acceptors (Lipinski definition) is 10. The monoisotopic (exact) mass is 1630 g/mol. The molecule has 1 N–H and O–H groups in total. The molecule has 620 valence electrons. The maximum atomic E-state index is 10.3. The summed E-state index contributed by atoms with van der Waals surface area (Å²) in [6.45, 7) is 44.3. The van der Waals surface area contributed by atoms with Gasteiger partial charge in [0.1, 0.15) is 0 Å². The minimum atomic E-state index is -3.54. The fraction of sp³-hybridized carbons (Fsp3) is 0.451. The van der Waals surface area contributed by atoms with Crippen LogP contribution in [0.3, 0.4) is 0 Å². The van der Waals surface area contributed by atoms with Crippen molar-refractivity contribution in [3.05, 3.63) is 291 Å². The average molecular weight is 1630 g/mol. The van der Waals surface area contributed by atoms with Crippen LogP contribution >= 0.6 is 0 Å². The standard InChI is InChI=1S/C102H136O10Si4/c1-77(2)96(104-76-79-47-29-20-30-48-79)78(3)65-66-81(109-113(97(4,5)6,88-49-31-21-32-50-88)89-51-33-22-34-52-89)70-85(110-114(98(7,8)9,90-53-35-23-36-54-90)91-55-37-24-38-56-91)74-87(112-116(100(13,14)15,94-61-43-27-44-62-94)95-63-45-28-46-64-95)75-86(111-115(99(10,11)12,92-57-39-25-40-58-92)93-59-41-26-42-60-93)73-84-72-83(107-102(18,19)108-84)71-82-69-80(67-68-103)105-101(16,17)106-82/h20-66,77-78,80-87,96,103H,67-76H2,1-19H3/t78-,80-,81-,82-,83-,84+,85-,86-,87+,96-/m0/s1. The zero-order valence-corrected chi connectivity index (χ0v) is 77.2. The van der Waals surface area contributed by atoms with E-state index in [4.69, 9.17) is 41.4 Å². The third kappa shape index (κ3) is 21.3. The molecule has 0 bridgehead atoms. The van der Waals surface area contributed by atoms with Crippen molar-refractivity contribution in [3.8, 4) is 0 Å². The second-order valence-electron chi connectivity index (χ2n) is 38.2. The van der Waals surface area contributed by atoms with Gasteiger partial charge in [-0.05, 0) is 127 Å². The van der Waals surface area contributed by atoms with Gasteiger partial charge in [-0.3, -0.25) is 0 Å². The molecular weight excluding hydrogens is 1500 g/mol. The molecule has 2 saturated heterocycles. The zero-order valence-electron chi connectivity index (χ0n) is 73.2. The summed E-state index contributed by atoms with van der Waals surface area (Å²) in [5, 5.41) is 18.1. The Labute approximate surface area is 702 Å². The smallest absolute Gasteiger partial charge is 0.261 e. The van der Waals surface area contributed by atoms with Crippen molar-refractivity contribution < 1.29 is 46.5 Å². The van der Waals surface area contributed by atoms with Gasteiger partial charge in [-0.15, -0.1) is 0 Å². The van der Waals surface area contributed by atoms with E-state index in [9.17, 15) is 5.11 Å². The molecule has 116 heavy (non-hydrogen) atoms. The molecule has 0 aromatic heterocycles. The molecule has 2 heterocycles. The van der Waals surface area contributed by atoms with Crippen molar-refractivity contribution in [2.75, 3.05) is 6.61 Å². The lowest BCUT2D eigenvalue weighted by molar-refractivity contribution is -0.326. The first kappa shape index (κ1) is 90.0. The first-order valence-electron chi connectivity index (χ1n) is 42.9. The van der Waals surface area contributed by atoms with Crippen LogP contribution in [0.4, 0.5) is 0 Å². The summed E-state index contributed by atoms with van der Waals surface area (Å²) < 4.78 is 70.6. The minimum Gasteiger partial charge on any atom is -0.404 e. The first-order chi connectivity index (χ1) is 55.1. The minimum absolute atomic E-state index is 0.0261. The van der Waals surface area contributed by atoms with Crippen LogP contribution in [0.2, 0.25) is 20.2 Å². The molecule has 9 aromatic carbocycles. The summed E-state index contributed by atoms with van der Waals surface area (Å²) in [6.07, 6.45) is 5.92. The first-order valence-corrected chi connectivity index (χ1v) is 50.6. The molecule has 2 fully saturated rings. The fourth-order valence-corrected chi connectivity index (χ4v) is 38.0. The van der Waals surface area contributed by atoms with Gasteiger partial charge < -0.3 is 46.5 Å². The molecular formula is C102H136O10Si4. The summed E-state index contributed by atoms with van der Waals surface area (Å²) in [7, 11) is -13.9. The third-order valence-corrected chi connectivity index (χ3v) is 44.4. The van der Waals surface area contributed by atoms with Crippen LogP contribution in [0.1, 0.15) is 188 Å². The molecule has 14 heteroatoms. The Morgan fingerprint density at radius 2 is 0.638 bits per heavy atom. The Balaban J connectivity index is 1.19. The van der Waals surface area contributed by atoms with E-state index >= 15 is 0 Å². The lowest BCUT2D eigenvalue weighted by atomic mass is 9.92. The van der Waals surface area contributed by atoms with Crippen LogP contribution in [0.15, 0.2) is 285 Å². The highest BCUT2D eigenvalue weighted by atomic mass is 28.4. The van der Waals surface area contributed by atoms with Crippen LogP contribution in [0.5, 0.6) is 0 Å². The fourth-order valence-electron chi connectivity index (χ4n) is 19.2. The molecule has 10 nitrogen and oxygen atoms in total. The quantitative estimate of drug-likeness (QED) is 0.0305. The van der Waals surface area contributed by atoms with E-state index in [1.807, 2.05) is 13.8 Å². The van der Waals surface area contributed by atoms with E-state index in [2.05, 4.69) is 403 Å². The number of aliphatic hydroxyl groups excluding tert-OH is 1. The Bertz CT molecular complexity index is 4260. The predicted molar refractivity (Wildman–Crippen MR) is 490 cm³/mol. The van der Waals surface area contributed by atoms with Gasteiger partial charge in [-0.25, -0.2) is 0 Å². The van der Waals surface area contributed by atoms with Gasteiger partial charge in [0.05, 0.1) is 61.5 Å². The van der Waals surface area contributed by atoms with E-state index in [0.717, 1.165) is 5.56 Å². The van der Waals surface area contributed by atoms with Crippen LogP contribution in [-0.4, -0.2) is 111 Å². The van der Waals surface area contributed by atoms with Crippen molar-refractivity contribution >= 4 is 74.8 Å². The molecule has 0 unspecified atom stereocenters. The van der Waals surface area contributed by atoms with Gasteiger partial charge in [0.15, 0.2) is 11.6 Å². The highest BCUT2D eigenvalue weighted by molar-refractivity contribution is 7.01. The SMILES string of the molecule is CC(C)[C@H](OCc1ccccc1)[C@@H](C)C=C[C@@H](C[C@@H](C[C@H](C[C@H](C[C@H]1C[C@H](C[C@@H]2C[C@H](CCO)OC(C)(C)O2)OC(C)(C)O1)O[Si](c1ccccc1)(c1ccccc1)C(C)(C)C)O[Si](c1ccccc1)(c1ccccc1)C(C)(C)C)O[Si](c1ccccc1)(c1ccccc1)C(C)(C)C)O[Si](c1ccccc1)(c1ccccc1)C(C)(C)C. The normalized spacial score (nSPS) is 19.6. The van der Waals surface area contributed by atoms with Crippen molar-refractivity contribution in [3.63, 3.8) is 0 Å². The van der Waals surface area contributed by atoms with E-state index in [1.54, 1.807) is 0 Å². The van der Waals surface area contributed by atoms with Gasteiger partial charge in [0.2, 0.25) is 0 Å². The zero-order chi connectivity index (χ0) is 83.2. The Kier molecular flexibility index (Phi) is 30.0. The highest BCUT2D eigenvalue weighted by Crippen LogP contribution is 2.47. The van der Waals surface area contributed by atoms with E-state index in [1.165, 1.54) is 41.5 Å². The number of ether oxygens (including phenoxy) is 5. The predicted octanol–water partition coefficient (Wildman–Crippen LogP) is 19.4. The van der Waals surface area contributed by atoms with Crippen molar-refractivity contribution in [1.82, 2.24) is 0 Å². The van der Waals surface area contributed by atoms with Crippen LogP contribution < -0.4 is 41.5 Å². The van der Waals surface area contributed by atoms with E-state index < -0.39 is 89.4 Å². The van der Waals surface area contributed by atoms with Crippen molar-refractivity contribution in [1.29, 1.82) is 0 Å². The largest absolute Gasteiger partial charge is 0.404 e. The van der Waals surface area contributed by atoms with E-state index in [0.29, 0.717) is 58.0 Å². The number of benzene rings is 9. The summed E-state index contributed by atoms with van der Waals surface area (Å²) >= 11 is 0. The van der Waals surface area contributed by atoms with Gasteiger partial charge in [0.25, 0.3) is 33.3 Å². The molecule has 0 radical (unpaired) electrons. The van der Waals surface area contributed by atoms with Crippen molar-refractivity contribution in [2.24, 2.45) is 11.8 Å². The Morgan fingerprint density at radius 3 is 0.957 bits per heavy atom. The molecule has 0 amide bonds. The van der Waals surface area contributed by atoms with Gasteiger partial charge in [-0.2, -0.15) is 0 Å². The summed E-state index contributed by atoms with van der Waals surface area (Å²) in [6, 6.07) is 99.9. The lowest BCUT2D eigenvalue weighted by Crippen LogP contribution is -2.70. The Hall–Kier alpha value is -6.81. The van der Waals surface area contributed by atoms with Crippen molar-refractivity contribution in [2.45, 2.75) is 276 Å². The summed E-state index contributed by atoms with van der Waals surface area (Å²) in [4.78, 5) is 0. The molecule has 0 saturated carbocycles. The van der Waals surface area contributed by atoms with Gasteiger partial charge >= 0.3 is 0 Å². The molecule has 2 aliphatic heterocycles. The average Bonchev–Trinajstić information content (AvgIpc) is 0.741. The second-order valence-corrected chi connectivity index (χ2v) is 55.2. The highest BCUT2D eigenvalue weighted by Gasteiger charge is 2.58. The van der Waals surface area contributed by atoms with Gasteiger partial charge in [-0.1, -0.05) is 389 Å². The molecule has 10 atom stereocenters. The van der Waals surface area contributed by atoms with Crippen LogP contribution in [-0.2, 0) is 48.0 Å². The summed E-state index contributed by atoms with van der Waals surface area (Å²) in [5.74, 6) is -1.65. The number of hydrogen-bond donors (Lipinski definition) is 1. The second kappa shape index (κ2) is 38.7. The molecule has 2 aliphatic rings. The molecule has 0 aliphatic carbocycles. The third-order valence-electron chi connectivity index (χ3n) is 24.0. The molecule has 11 rings (SSSR count). The van der Waals surface area contributed by atoms with Crippen LogP contribution in [0.25, 0.3) is 0 Å².